The number of sulfonamides is 1. The predicted octanol–water partition coefficient (Wildman–Crippen LogP) is 2.36. The fourth-order valence-electron chi connectivity index (χ4n) is 1.79. The van der Waals surface area contributed by atoms with Gasteiger partial charge in [-0.15, -0.1) is 0 Å². The van der Waals surface area contributed by atoms with Gasteiger partial charge in [0.2, 0.25) is 0 Å². The third kappa shape index (κ3) is 3.50. The lowest BCUT2D eigenvalue weighted by Gasteiger charge is -2.12. The van der Waals surface area contributed by atoms with Crippen molar-refractivity contribution in [2.45, 2.75) is 11.5 Å². The summed E-state index contributed by atoms with van der Waals surface area (Å²) in [5.41, 5.74) is 6.28. The highest BCUT2D eigenvalue weighted by Crippen LogP contribution is 2.22. The van der Waals surface area contributed by atoms with E-state index in [1.165, 1.54) is 7.11 Å². The monoisotopic (exact) mass is 310 g/mol. The van der Waals surface area contributed by atoms with E-state index in [1.807, 2.05) is 0 Å². The normalized spacial score (nSPS) is 11.3. The molecule has 112 valence electrons. The maximum Gasteiger partial charge on any atom is 0.261 e. The summed E-state index contributed by atoms with van der Waals surface area (Å²) in [7, 11) is -2.33. The van der Waals surface area contributed by atoms with Crippen LogP contribution in [0.25, 0.3) is 0 Å². The van der Waals surface area contributed by atoms with E-state index in [0.29, 0.717) is 11.3 Å². The summed E-state index contributed by atoms with van der Waals surface area (Å²) in [6.45, 7) is 0.268. The maximum atomic E-state index is 13.1. The van der Waals surface area contributed by atoms with Gasteiger partial charge in [-0.2, -0.15) is 0 Å². The number of hydrogen-bond acceptors (Lipinski definition) is 4. The van der Waals surface area contributed by atoms with E-state index in [2.05, 4.69) is 4.72 Å². The highest BCUT2D eigenvalue weighted by Gasteiger charge is 2.17. The van der Waals surface area contributed by atoms with Crippen LogP contribution >= 0.6 is 0 Å². The predicted molar refractivity (Wildman–Crippen MR) is 78.8 cm³/mol. The molecule has 0 bridgehead atoms. The molecule has 0 radical (unpaired) electrons. The fraction of sp³-hybridized carbons (Fsp3) is 0.143. The SMILES string of the molecule is COCc1ccccc1NS(=O)(=O)c1ccc(F)c(N)c1. The summed E-state index contributed by atoms with van der Waals surface area (Å²) >= 11 is 0. The van der Waals surface area contributed by atoms with Crippen molar-refractivity contribution in [2.24, 2.45) is 0 Å². The number of ether oxygens (including phenoxy) is 1. The van der Waals surface area contributed by atoms with E-state index >= 15 is 0 Å². The number of halogens is 1. The van der Waals surface area contributed by atoms with Gasteiger partial charge >= 0.3 is 0 Å². The van der Waals surface area contributed by atoms with Gasteiger partial charge in [0.25, 0.3) is 10.0 Å². The molecule has 5 nitrogen and oxygen atoms in total. The molecule has 0 saturated carbocycles. The van der Waals surface area contributed by atoms with Crippen molar-refractivity contribution in [1.82, 2.24) is 0 Å². The van der Waals surface area contributed by atoms with Crippen LogP contribution in [0.2, 0.25) is 0 Å². The zero-order valence-electron chi connectivity index (χ0n) is 11.3. The van der Waals surface area contributed by atoms with Crippen molar-refractivity contribution >= 4 is 21.4 Å². The van der Waals surface area contributed by atoms with Gasteiger partial charge in [0.05, 0.1) is 22.9 Å². The molecule has 0 atom stereocenters. The van der Waals surface area contributed by atoms with Crippen molar-refractivity contribution in [3.8, 4) is 0 Å². The van der Waals surface area contributed by atoms with Gasteiger partial charge in [-0.1, -0.05) is 18.2 Å². The number of rotatable bonds is 5. The number of anilines is 2. The third-order valence-corrected chi connectivity index (χ3v) is 4.20. The second-order valence-electron chi connectivity index (χ2n) is 4.38. The summed E-state index contributed by atoms with van der Waals surface area (Å²) in [6, 6.07) is 10.1. The Labute approximate surface area is 122 Å². The summed E-state index contributed by atoms with van der Waals surface area (Å²) in [5, 5.41) is 0. The van der Waals surface area contributed by atoms with Crippen LogP contribution in [0.15, 0.2) is 47.4 Å². The second kappa shape index (κ2) is 6.11. The quantitative estimate of drug-likeness (QED) is 0.831. The molecule has 2 rings (SSSR count). The molecule has 0 saturated heterocycles. The molecule has 0 aromatic heterocycles. The van der Waals surface area contributed by atoms with E-state index < -0.39 is 15.8 Å². The average Bonchev–Trinajstić information content (AvgIpc) is 2.44. The number of benzene rings is 2. The van der Waals surface area contributed by atoms with E-state index in [1.54, 1.807) is 24.3 Å². The smallest absolute Gasteiger partial charge is 0.261 e. The van der Waals surface area contributed by atoms with E-state index in [9.17, 15) is 12.8 Å². The Morgan fingerprint density at radius 2 is 1.95 bits per heavy atom. The van der Waals surface area contributed by atoms with Gasteiger partial charge in [0.15, 0.2) is 0 Å². The molecule has 21 heavy (non-hydrogen) atoms. The number of hydrogen-bond donors (Lipinski definition) is 2. The van der Waals surface area contributed by atoms with Gasteiger partial charge in [0.1, 0.15) is 5.82 Å². The summed E-state index contributed by atoms with van der Waals surface area (Å²) in [5.74, 6) is -0.659. The van der Waals surface area contributed by atoms with Crippen LogP contribution in [-0.2, 0) is 21.4 Å². The lowest BCUT2D eigenvalue weighted by atomic mass is 10.2. The molecule has 0 fully saturated rings. The van der Waals surface area contributed by atoms with Crippen molar-refractivity contribution in [1.29, 1.82) is 0 Å². The minimum atomic E-state index is -3.85. The molecule has 3 N–H and O–H groups in total. The molecule has 7 heteroatoms. The summed E-state index contributed by atoms with van der Waals surface area (Å²) in [6.07, 6.45) is 0. The molecule has 2 aromatic rings. The fourth-order valence-corrected chi connectivity index (χ4v) is 2.93. The number of nitrogens with one attached hydrogen (secondary N) is 1. The molecule has 0 unspecified atom stereocenters. The van der Waals surface area contributed by atoms with Gasteiger partial charge in [-0.25, -0.2) is 12.8 Å². The average molecular weight is 310 g/mol. The number of para-hydroxylation sites is 1. The Morgan fingerprint density at radius 1 is 1.24 bits per heavy atom. The van der Waals surface area contributed by atoms with Crippen LogP contribution in [0, 0.1) is 5.82 Å². The Morgan fingerprint density at radius 3 is 2.62 bits per heavy atom. The van der Waals surface area contributed by atoms with Gasteiger partial charge in [0, 0.05) is 12.7 Å². The number of nitrogens with two attached hydrogens (primary N) is 1. The third-order valence-electron chi connectivity index (χ3n) is 2.84. The van der Waals surface area contributed by atoms with Crippen LogP contribution < -0.4 is 10.5 Å². The molecular formula is C14H15FN2O3S. The van der Waals surface area contributed by atoms with Crippen LogP contribution in [0.3, 0.4) is 0 Å². The minimum absolute atomic E-state index is 0.103. The molecule has 0 spiro atoms. The van der Waals surface area contributed by atoms with Crippen molar-refractivity contribution in [2.75, 3.05) is 17.6 Å². The van der Waals surface area contributed by atoms with Crippen LogP contribution in [-0.4, -0.2) is 15.5 Å². The molecule has 0 aliphatic carbocycles. The molecule has 0 amide bonds. The van der Waals surface area contributed by atoms with E-state index in [-0.39, 0.29) is 17.2 Å². The lowest BCUT2D eigenvalue weighted by Crippen LogP contribution is -2.15. The minimum Gasteiger partial charge on any atom is -0.396 e. The van der Waals surface area contributed by atoms with Crippen molar-refractivity contribution in [3.63, 3.8) is 0 Å². The number of methoxy groups -OCH3 is 1. The van der Waals surface area contributed by atoms with Crippen LogP contribution in [0.1, 0.15) is 5.56 Å². The number of nitrogen functional groups attached to an aromatic ring is 1. The van der Waals surface area contributed by atoms with Crippen LogP contribution in [0.4, 0.5) is 15.8 Å². The Bertz CT molecular complexity index is 748. The summed E-state index contributed by atoms with van der Waals surface area (Å²) in [4.78, 5) is -0.103. The maximum absolute atomic E-state index is 13.1. The van der Waals surface area contributed by atoms with E-state index in [4.69, 9.17) is 10.5 Å². The zero-order chi connectivity index (χ0) is 15.5. The summed E-state index contributed by atoms with van der Waals surface area (Å²) < 4.78 is 45.2. The largest absolute Gasteiger partial charge is 0.396 e. The highest BCUT2D eigenvalue weighted by atomic mass is 32.2. The van der Waals surface area contributed by atoms with Crippen molar-refractivity contribution < 1.29 is 17.5 Å². The first-order valence-electron chi connectivity index (χ1n) is 6.09. The second-order valence-corrected chi connectivity index (χ2v) is 6.06. The van der Waals surface area contributed by atoms with Crippen molar-refractivity contribution in [3.05, 3.63) is 53.8 Å². The molecule has 0 aliphatic heterocycles. The van der Waals surface area contributed by atoms with Gasteiger partial charge in [-0.3, -0.25) is 4.72 Å². The Balaban J connectivity index is 2.35. The Hall–Kier alpha value is -2.12. The highest BCUT2D eigenvalue weighted by molar-refractivity contribution is 7.92. The molecule has 0 heterocycles. The van der Waals surface area contributed by atoms with Gasteiger partial charge in [-0.05, 0) is 24.3 Å². The van der Waals surface area contributed by atoms with Crippen LogP contribution in [0.5, 0.6) is 0 Å². The Kier molecular flexibility index (Phi) is 4.44. The van der Waals surface area contributed by atoms with E-state index in [0.717, 1.165) is 18.2 Å². The first kappa shape index (κ1) is 15.3. The first-order valence-corrected chi connectivity index (χ1v) is 7.57. The lowest BCUT2D eigenvalue weighted by molar-refractivity contribution is 0.185. The zero-order valence-corrected chi connectivity index (χ0v) is 12.2. The molecular weight excluding hydrogens is 295 g/mol. The standard InChI is InChI=1S/C14H15FN2O3S/c1-20-9-10-4-2-3-5-14(10)17-21(18,19)11-6-7-12(15)13(16)8-11/h2-8,17H,9,16H2,1H3. The topological polar surface area (TPSA) is 81.4 Å². The van der Waals surface area contributed by atoms with Gasteiger partial charge < -0.3 is 10.5 Å². The molecule has 0 aliphatic rings. The molecule has 2 aromatic carbocycles. The first-order chi connectivity index (χ1) is 9.94.